The summed E-state index contributed by atoms with van der Waals surface area (Å²) < 4.78 is 6.60. The highest BCUT2D eigenvalue weighted by Crippen LogP contribution is 2.24. The van der Waals surface area contributed by atoms with Crippen molar-refractivity contribution in [1.29, 1.82) is 0 Å². The van der Waals surface area contributed by atoms with Gasteiger partial charge < -0.3 is 10.1 Å². The molecule has 0 aliphatic rings. The molecule has 0 aliphatic carbocycles. The van der Waals surface area contributed by atoms with Crippen LogP contribution in [-0.2, 0) is 16.1 Å². The normalized spacial score (nSPS) is 10.6. The summed E-state index contributed by atoms with van der Waals surface area (Å²) in [6, 6.07) is 15.5. The van der Waals surface area contributed by atoms with E-state index >= 15 is 0 Å². The lowest BCUT2D eigenvalue weighted by molar-refractivity contribution is -0.137. The lowest BCUT2D eigenvalue weighted by atomic mass is 10.2. The molecular formula is C19H19ClN4O2S. The zero-order chi connectivity index (χ0) is 19.2. The van der Waals surface area contributed by atoms with Gasteiger partial charge in [-0.2, -0.15) is 0 Å². The number of carbonyl (C=O) groups excluding carboxylic acids is 1. The number of nitrogens with one attached hydrogen (secondary N) is 1. The van der Waals surface area contributed by atoms with Crippen molar-refractivity contribution in [3.63, 3.8) is 0 Å². The summed E-state index contributed by atoms with van der Waals surface area (Å²) in [6.45, 7) is 2.52. The number of ether oxygens (including phenoxy) is 1. The van der Waals surface area contributed by atoms with Crippen LogP contribution < -0.4 is 5.32 Å². The fraction of sp³-hybridized carbons (Fsp3) is 0.211. The molecule has 140 valence electrons. The summed E-state index contributed by atoms with van der Waals surface area (Å²) in [5.74, 6) is 0.547. The Morgan fingerprint density at radius 2 is 2.00 bits per heavy atom. The number of methoxy groups -OCH3 is 1. The minimum atomic E-state index is -0.319. The van der Waals surface area contributed by atoms with Crippen molar-refractivity contribution in [2.45, 2.75) is 18.6 Å². The SMILES string of the molecule is COC(=O)CSc1nnc(CNc2ccc(C)cc2)n1-c1cccc(Cl)c1. The van der Waals surface area contributed by atoms with Crippen molar-refractivity contribution in [3.8, 4) is 5.69 Å². The van der Waals surface area contributed by atoms with E-state index in [-0.39, 0.29) is 11.7 Å². The van der Waals surface area contributed by atoms with Gasteiger partial charge in [-0.15, -0.1) is 10.2 Å². The lowest BCUT2D eigenvalue weighted by Crippen LogP contribution is -2.09. The van der Waals surface area contributed by atoms with Crippen LogP contribution in [-0.4, -0.2) is 33.6 Å². The average Bonchev–Trinajstić information content (AvgIpc) is 3.08. The van der Waals surface area contributed by atoms with Gasteiger partial charge in [-0.1, -0.05) is 47.1 Å². The number of rotatable bonds is 7. The van der Waals surface area contributed by atoms with Crippen molar-refractivity contribution >= 4 is 35.0 Å². The highest BCUT2D eigenvalue weighted by molar-refractivity contribution is 7.99. The maximum absolute atomic E-state index is 11.5. The third-order valence-electron chi connectivity index (χ3n) is 3.82. The molecule has 0 aliphatic heterocycles. The number of aromatic nitrogens is 3. The van der Waals surface area contributed by atoms with Crippen LogP contribution in [0.15, 0.2) is 53.7 Å². The number of halogens is 1. The summed E-state index contributed by atoms with van der Waals surface area (Å²) >= 11 is 7.42. The van der Waals surface area contributed by atoms with Crippen LogP contribution in [0.25, 0.3) is 5.69 Å². The van der Waals surface area contributed by atoms with E-state index in [4.69, 9.17) is 16.3 Å². The second-order valence-corrected chi connectivity index (χ2v) is 7.18. The van der Waals surface area contributed by atoms with Crippen molar-refractivity contribution < 1.29 is 9.53 Å². The van der Waals surface area contributed by atoms with Gasteiger partial charge in [0.2, 0.25) is 0 Å². The number of thioether (sulfide) groups is 1. The van der Waals surface area contributed by atoms with Gasteiger partial charge in [-0.25, -0.2) is 0 Å². The highest BCUT2D eigenvalue weighted by Gasteiger charge is 2.16. The van der Waals surface area contributed by atoms with E-state index in [0.29, 0.717) is 22.5 Å². The molecule has 3 rings (SSSR count). The van der Waals surface area contributed by atoms with Crippen molar-refractivity contribution in [2.24, 2.45) is 0 Å². The second kappa shape index (κ2) is 8.92. The Bertz CT molecular complexity index is 928. The van der Waals surface area contributed by atoms with Gasteiger partial charge in [0.1, 0.15) is 0 Å². The van der Waals surface area contributed by atoms with Gasteiger partial charge in [0, 0.05) is 10.7 Å². The van der Waals surface area contributed by atoms with Gasteiger partial charge in [-0.05, 0) is 37.3 Å². The molecule has 0 bridgehead atoms. The van der Waals surface area contributed by atoms with Crippen LogP contribution in [0.2, 0.25) is 5.02 Å². The first-order valence-corrected chi connectivity index (χ1v) is 9.63. The van der Waals surface area contributed by atoms with E-state index < -0.39 is 0 Å². The number of anilines is 1. The topological polar surface area (TPSA) is 69.0 Å². The van der Waals surface area contributed by atoms with E-state index in [2.05, 4.69) is 15.5 Å². The molecule has 6 nitrogen and oxygen atoms in total. The van der Waals surface area contributed by atoms with Gasteiger partial charge in [0.05, 0.1) is 25.1 Å². The highest BCUT2D eigenvalue weighted by atomic mass is 35.5. The molecule has 0 atom stereocenters. The Kier molecular flexibility index (Phi) is 6.36. The molecule has 1 aromatic heterocycles. The van der Waals surface area contributed by atoms with Gasteiger partial charge in [0.25, 0.3) is 0 Å². The first-order valence-electron chi connectivity index (χ1n) is 8.27. The third kappa shape index (κ3) is 5.02. The van der Waals surface area contributed by atoms with Crippen molar-refractivity contribution in [1.82, 2.24) is 14.8 Å². The molecule has 2 aromatic carbocycles. The van der Waals surface area contributed by atoms with Crippen molar-refractivity contribution in [2.75, 3.05) is 18.2 Å². The summed E-state index contributed by atoms with van der Waals surface area (Å²) in [4.78, 5) is 11.5. The fourth-order valence-electron chi connectivity index (χ4n) is 2.42. The van der Waals surface area contributed by atoms with E-state index in [0.717, 1.165) is 11.4 Å². The Morgan fingerprint density at radius 3 is 2.70 bits per heavy atom. The zero-order valence-electron chi connectivity index (χ0n) is 15.0. The maximum Gasteiger partial charge on any atom is 0.316 e. The van der Waals surface area contributed by atoms with E-state index in [1.54, 1.807) is 6.07 Å². The van der Waals surface area contributed by atoms with Crippen LogP contribution >= 0.6 is 23.4 Å². The van der Waals surface area contributed by atoms with Crippen LogP contribution in [0.5, 0.6) is 0 Å². The average molecular weight is 403 g/mol. The summed E-state index contributed by atoms with van der Waals surface area (Å²) in [5.41, 5.74) is 3.02. The molecule has 0 saturated carbocycles. The summed E-state index contributed by atoms with van der Waals surface area (Å²) in [7, 11) is 1.36. The Balaban J connectivity index is 1.87. The van der Waals surface area contributed by atoms with Gasteiger partial charge in [0.15, 0.2) is 11.0 Å². The standard InChI is InChI=1S/C19H19ClN4O2S/c1-13-6-8-15(9-7-13)21-11-17-22-23-19(27-12-18(25)26-2)24(17)16-5-3-4-14(20)10-16/h3-10,21H,11-12H2,1-2H3. The molecule has 0 unspecified atom stereocenters. The number of hydrogen-bond acceptors (Lipinski definition) is 6. The van der Waals surface area contributed by atoms with Crippen LogP contribution in [0.4, 0.5) is 5.69 Å². The Morgan fingerprint density at radius 1 is 1.22 bits per heavy atom. The molecule has 0 saturated heterocycles. The minimum absolute atomic E-state index is 0.153. The predicted octanol–water partition coefficient (Wildman–Crippen LogP) is 4.11. The van der Waals surface area contributed by atoms with E-state index in [9.17, 15) is 4.79 Å². The maximum atomic E-state index is 11.5. The van der Waals surface area contributed by atoms with E-state index in [1.165, 1.54) is 24.4 Å². The first-order chi connectivity index (χ1) is 13.1. The Labute approximate surface area is 166 Å². The fourth-order valence-corrected chi connectivity index (χ4v) is 3.41. The second-order valence-electron chi connectivity index (χ2n) is 5.80. The molecule has 0 amide bonds. The molecule has 1 heterocycles. The predicted molar refractivity (Wildman–Crippen MR) is 108 cm³/mol. The van der Waals surface area contributed by atoms with Gasteiger partial charge in [-0.3, -0.25) is 9.36 Å². The van der Waals surface area contributed by atoms with Gasteiger partial charge >= 0.3 is 5.97 Å². The van der Waals surface area contributed by atoms with Crippen molar-refractivity contribution in [3.05, 3.63) is 64.9 Å². The molecule has 8 heteroatoms. The number of carbonyl (C=O) groups is 1. The number of hydrogen-bond donors (Lipinski definition) is 1. The number of esters is 1. The quantitative estimate of drug-likeness (QED) is 0.474. The molecule has 0 radical (unpaired) electrons. The largest absolute Gasteiger partial charge is 0.468 e. The minimum Gasteiger partial charge on any atom is -0.468 e. The zero-order valence-corrected chi connectivity index (χ0v) is 16.5. The number of aryl methyl sites for hydroxylation is 1. The molecule has 27 heavy (non-hydrogen) atoms. The first kappa shape index (κ1) is 19.3. The third-order valence-corrected chi connectivity index (χ3v) is 4.95. The smallest absolute Gasteiger partial charge is 0.316 e. The molecule has 0 spiro atoms. The number of nitrogens with zero attached hydrogens (tertiary/aromatic N) is 3. The summed E-state index contributed by atoms with van der Waals surface area (Å²) in [5, 5.41) is 13.1. The molecular weight excluding hydrogens is 384 g/mol. The Hall–Kier alpha value is -2.51. The summed E-state index contributed by atoms with van der Waals surface area (Å²) in [6.07, 6.45) is 0. The van der Waals surface area contributed by atoms with E-state index in [1.807, 2.05) is 54.0 Å². The van der Waals surface area contributed by atoms with Crippen LogP contribution in [0.3, 0.4) is 0 Å². The monoisotopic (exact) mass is 402 g/mol. The number of benzene rings is 2. The molecule has 1 N–H and O–H groups in total. The van der Waals surface area contributed by atoms with Crippen LogP contribution in [0.1, 0.15) is 11.4 Å². The van der Waals surface area contributed by atoms with Crippen LogP contribution in [0, 0.1) is 6.92 Å². The molecule has 3 aromatic rings. The molecule has 0 fully saturated rings. The lowest BCUT2D eigenvalue weighted by Gasteiger charge is -2.12.